The summed E-state index contributed by atoms with van der Waals surface area (Å²) >= 11 is 0. The van der Waals surface area contributed by atoms with Gasteiger partial charge in [-0.2, -0.15) is 9.78 Å². The molecule has 0 bridgehead atoms. The lowest BCUT2D eigenvalue weighted by Gasteiger charge is -2.34. The van der Waals surface area contributed by atoms with E-state index in [1.165, 1.54) is 4.68 Å². The lowest BCUT2D eigenvalue weighted by Crippen LogP contribution is -2.45. The molecule has 3 aliphatic carbocycles. The summed E-state index contributed by atoms with van der Waals surface area (Å²) in [5, 5.41) is 4.51. The molecule has 0 aliphatic heterocycles. The predicted molar refractivity (Wildman–Crippen MR) is 137 cm³/mol. The molecule has 0 spiro atoms. The second-order valence-corrected chi connectivity index (χ2v) is 10.4. The van der Waals surface area contributed by atoms with Gasteiger partial charge in [-0.1, -0.05) is 24.3 Å². The van der Waals surface area contributed by atoms with E-state index < -0.39 is 6.09 Å². The third kappa shape index (κ3) is 5.40. The molecule has 1 amide bonds. The average Bonchev–Trinajstić information content (AvgIpc) is 3.59. The third-order valence-corrected chi connectivity index (χ3v) is 7.09. The summed E-state index contributed by atoms with van der Waals surface area (Å²) in [7, 11) is 0. The summed E-state index contributed by atoms with van der Waals surface area (Å²) in [4.78, 5) is 28.4. The van der Waals surface area contributed by atoms with Gasteiger partial charge in [-0.3, -0.25) is 4.79 Å². The van der Waals surface area contributed by atoms with Gasteiger partial charge in [-0.05, 0) is 88.6 Å². The van der Waals surface area contributed by atoms with Crippen LogP contribution in [0.15, 0.2) is 48.7 Å². The lowest BCUT2D eigenvalue weighted by atomic mass is 9.91. The van der Waals surface area contributed by atoms with E-state index in [-0.39, 0.29) is 30.0 Å². The van der Waals surface area contributed by atoms with E-state index in [9.17, 15) is 9.59 Å². The van der Waals surface area contributed by atoms with Gasteiger partial charge in [0.15, 0.2) is 0 Å². The van der Waals surface area contributed by atoms with E-state index in [1.54, 1.807) is 6.20 Å². The molecular formula is C29H35N3O4. The molecule has 0 saturated heterocycles. The SMILES string of the molecule is Cc1cc(OC(C)C)ccc1C(=O)N(C1CC1)C1CCc2nn(C(=O)OCC3C=CC=CC3)cc2C1. The van der Waals surface area contributed by atoms with Crippen molar-refractivity contribution >= 4 is 12.0 Å². The van der Waals surface area contributed by atoms with Crippen LogP contribution < -0.4 is 4.74 Å². The molecule has 7 heteroatoms. The fourth-order valence-electron chi connectivity index (χ4n) is 5.16. The number of carbonyl (C=O) groups excluding carboxylic acids is 2. The van der Waals surface area contributed by atoms with Crippen LogP contribution in [0, 0.1) is 12.8 Å². The topological polar surface area (TPSA) is 73.7 Å². The van der Waals surface area contributed by atoms with Crippen molar-refractivity contribution in [2.45, 2.75) is 77.5 Å². The molecule has 0 N–H and O–H groups in total. The van der Waals surface area contributed by atoms with Crippen LogP contribution in [0.1, 0.15) is 66.7 Å². The van der Waals surface area contributed by atoms with Crippen molar-refractivity contribution in [1.82, 2.24) is 14.7 Å². The van der Waals surface area contributed by atoms with E-state index in [0.29, 0.717) is 13.0 Å². The van der Waals surface area contributed by atoms with Gasteiger partial charge in [0.1, 0.15) is 5.75 Å². The molecule has 2 atom stereocenters. The first-order valence-corrected chi connectivity index (χ1v) is 13.1. The van der Waals surface area contributed by atoms with Crippen molar-refractivity contribution < 1.29 is 19.1 Å². The molecule has 0 radical (unpaired) electrons. The number of allylic oxidation sites excluding steroid dienone is 3. The van der Waals surface area contributed by atoms with Crippen LogP contribution >= 0.6 is 0 Å². The Labute approximate surface area is 212 Å². The molecule has 3 aliphatic rings. The number of aryl methyl sites for hydroxylation is 2. The van der Waals surface area contributed by atoms with Gasteiger partial charge in [0.05, 0.1) is 18.4 Å². The van der Waals surface area contributed by atoms with E-state index in [0.717, 1.165) is 60.2 Å². The fourth-order valence-corrected chi connectivity index (χ4v) is 5.16. The highest BCUT2D eigenvalue weighted by Gasteiger charge is 2.40. The van der Waals surface area contributed by atoms with Crippen LogP contribution in [0.5, 0.6) is 5.75 Å². The van der Waals surface area contributed by atoms with Crippen molar-refractivity contribution in [1.29, 1.82) is 0 Å². The molecule has 2 unspecified atom stereocenters. The van der Waals surface area contributed by atoms with Crippen LogP contribution in [0.2, 0.25) is 0 Å². The quantitative estimate of drug-likeness (QED) is 0.531. The molecule has 1 aromatic heterocycles. The monoisotopic (exact) mass is 489 g/mol. The maximum Gasteiger partial charge on any atom is 0.434 e. The van der Waals surface area contributed by atoms with Crippen molar-refractivity contribution in [3.8, 4) is 5.75 Å². The summed E-state index contributed by atoms with van der Waals surface area (Å²) in [5.74, 6) is 1.08. The van der Waals surface area contributed by atoms with Gasteiger partial charge in [0.25, 0.3) is 5.91 Å². The second kappa shape index (κ2) is 10.3. The Kier molecular flexibility index (Phi) is 6.99. The third-order valence-electron chi connectivity index (χ3n) is 7.09. The predicted octanol–water partition coefficient (Wildman–Crippen LogP) is 5.26. The minimum Gasteiger partial charge on any atom is -0.491 e. The Hall–Kier alpha value is -3.35. The standard InChI is InChI=1S/C29H35N3O4/c1-19(2)36-25-12-13-26(20(3)15-25)28(33)32(23-9-10-23)24-11-14-27-22(16-24)17-31(30-27)29(34)35-18-21-7-5-4-6-8-21/h4-7,12-13,15,17,19,21,23-24H,8-11,14,16,18H2,1-3H3. The highest BCUT2D eigenvalue weighted by molar-refractivity contribution is 5.96. The number of hydrogen-bond donors (Lipinski definition) is 0. The minimum atomic E-state index is -0.446. The van der Waals surface area contributed by atoms with Crippen LogP contribution in [-0.4, -0.2) is 51.5 Å². The Bertz CT molecular complexity index is 1190. The number of fused-ring (bicyclic) bond motifs is 1. The van der Waals surface area contributed by atoms with E-state index in [4.69, 9.17) is 9.47 Å². The molecule has 2 aromatic rings. The zero-order valence-corrected chi connectivity index (χ0v) is 21.4. The lowest BCUT2D eigenvalue weighted by molar-refractivity contribution is 0.0642. The van der Waals surface area contributed by atoms with Crippen LogP contribution in [0.3, 0.4) is 0 Å². The Morgan fingerprint density at radius 2 is 2.00 bits per heavy atom. The number of benzene rings is 1. The molecule has 1 saturated carbocycles. The first-order chi connectivity index (χ1) is 17.4. The van der Waals surface area contributed by atoms with Crippen molar-refractivity contribution in [2.75, 3.05) is 6.61 Å². The zero-order chi connectivity index (χ0) is 25.2. The van der Waals surface area contributed by atoms with Gasteiger partial charge in [-0.25, -0.2) is 4.79 Å². The Morgan fingerprint density at radius 3 is 2.69 bits per heavy atom. The fraction of sp³-hybridized carbons (Fsp3) is 0.483. The number of nitrogens with zero attached hydrogens (tertiary/aromatic N) is 3. The normalized spacial score (nSPS) is 20.8. The maximum atomic E-state index is 13.7. The maximum absolute atomic E-state index is 13.7. The number of ether oxygens (including phenoxy) is 2. The van der Waals surface area contributed by atoms with Gasteiger partial charge in [0, 0.05) is 29.8 Å². The highest BCUT2D eigenvalue weighted by Crippen LogP contribution is 2.35. The first kappa shape index (κ1) is 24.3. The van der Waals surface area contributed by atoms with E-state index >= 15 is 0 Å². The van der Waals surface area contributed by atoms with Crippen molar-refractivity contribution in [2.24, 2.45) is 5.92 Å². The molecule has 1 heterocycles. The number of rotatable bonds is 7. The first-order valence-electron chi connectivity index (χ1n) is 13.1. The molecule has 7 nitrogen and oxygen atoms in total. The largest absolute Gasteiger partial charge is 0.491 e. The molecule has 1 fully saturated rings. The Balaban J connectivity index is 1.27. The Morgan fingerprint density at radius 1 is 1.17 bits per heavy atom. The van der Waals surface area contributed by atoms with Gasteiger partial charge in [0.2, 0.25) is 0 Å². The summed E-state index contributed by atoms with van der Waals surface area (Å²) in [6.07, 6.45) is 14.8. The number of aromatic nitrogens is 2. The summed E-state index contributed by atoms with van der Waals surface area (Å²) < 4.78 is 12.6. The number of amides is 1. The molecular weight excluding hydrogens is 454 g/mol. The van der Waals surface area contributed by atoms with Crippen molar-refractivity contribution in [3.63, 3.8) is 0 Å². The summed E-state index contributed by atoms with van der Waals surface area (Å²) in [6.45, 7) is 6.30. The van der Waals surface area contributed by atoms with E-state index in [2.05, 4.69) is 22.2 Å². The molecule has 190 valence electrons. The van der Waals surface area contributed by atoms with Gasteiger partial charge >= 0.3 is 6.09 Å². The molecule has 1 aromatic carbocycles. The number of carbonyl (C=O) groups is 2. The minimum absolute atomic E-state index is 0.0842. The second-order valence-electron chi connectivity index (χ2n) is 10.4. The van der Waals surface area contributed by atoms with Gasteiger partial charge in [-0.15, -0.1) is 0 Å². The molecule has 5 rings (SSSR count). The number of hydrogen-bond acceptors (Lipinski definition) is 5. The summed E-state index contributed by atoms with van der Waals surface area (Å²) in [5.41, 5.74) is 3.62. The summed E-state index contributed by atoms with van der Waals surface area (Å²) in [6, 6.07) is 6.11. The van der Waals surface area contributed by atoms with E-state index in [1.807, 2.05) is 51.1 Å². The van der Waals surface area contributed by atoms with Crippen LogP contribution in [-0.2, 0) is 17.6 Å². The van der Waals surface area contributed by atoms with Crippen molar-refractivity contribution in [3.05, 3.63) is 71.1 Å². The highest BCUT2D eigenvalue weighted by atomic mass is 16.6. The average molecular weight is 490 g/mol. The van der Waals surface area contributed by atoms with Crippen LogP contribution in [0.4, 0.5) is 4.79 Å². The smallest absolute Gasteiger partial charge is 0.434 e. The van der Waals surface area contributed by atoms with Gasteiger partial charge < -0.3 is 14.4 Å². The molecule has 36 heavy (non-hydrogen) atoms. The zero-order valence-electron chi connectivity index (χ0n) is 21.4. The van der Waals surface area contributed by atoms with Crippen LogP contribution in [0.25, 0.3) is 0 Å².